The van der Waals surface area contributed by atoms with Crippen molar-refractivity contribution in [2.75, 3.05) is 6.54 Å². The molecule has 0 saturated heterocycles. The maximum Gasteiger partial charge on any atom is 0.250 e. The molecular weight excluding hydrogens is 336 g/mol. The van der Waals surface area contributed by atoms with E-state index >= 15 is 0 Å². The van der Waals surface area contributed by atoms with Crippen molar-refractivity contribution >= 4 is 17.4 Å². The van der Waals surface area contributed by atoms with E-state index < -0.39 is 5.92 Å². The van der Waals surface area contributed by atoms with Gasteiger partial charge in [0.1, 0.15) is 5.65 Å². The molecule has 0 fully saturated rings. The first-order valence-electron chi connectivity index (χ1n) is 8.56. The molecule has 3 aromatic rings. The third-order valence-corrected chi connectivity index (χ3v) is 4.36. The second kappa shape index (κ2) is 7.64. The van der Waals surface area contributed by atoms with E-state index in [-0.39, 0.29) is 25.8 Å². The summed E-state index contributed by atoms with van der Waals surface area (Å²) in [5.41, 5.74) is 3.77. The van der Waals surface area contributed by atoms with Crippen LogP contribution < -0.4 is 5.32 Å². The number of fused-ring (bicyclic) bond motifs is 1. The van der Waals surface area contributed by atoms with Crippen LogP contribution in [-0.2, 0) is 11.2 Å². The van der Waals surface area contributed by atoms with E-state index in [9.17, 15) is 13.6 Å². The van der Waals surface area contributed by atoms with Gasteiger partial charge >= 0.3 is 0 Å². The van der Waals surface area contributed by atoms with E-state index in [2.05, 4.69) is 16.4 Å². The molecule has 1 N–H and O–H groups in total. The molecule has 1 aromatic carbocycles. The Morgan fingerprint density at radius 1 is 1.23 bits per heavy atom. The lowest BCUT2D eigenvalue weighted by molar-refractivity contribution is -0.109. The molecule has 0 spiro atoms. The van der Waals surface area contributed by atoms with Crippen LogP contribution in [0.5, 0.6) is 0 Å². The summed E-state index contributed by atoms with van der Waals surface area (Å²) in [6, 6.07) is 12.0. The summed E-state index contributed by atoms with van der Waals surface area (Å²) in [7, 11) is 0. The SMILES string of the molecule is Cc1cccc(-n2ccc3cc(CCC(F)(F)CCNC=O)cnc32)c1. The Bertz CT molecular complexity index is 905. The van der Waals surface area contributed by atoms with Crippen molar-refractivity contribution in [1.29, 1.82) is 0 Å². The molecule has 6 heteroatoms. The van der Waals surface area contributed by atoms with Gasteiger partial charge in [-0.2, -0.15) is 0 Å². The van der Waals surface area contributed by atoms with Crippen molar-refractivity contribution in [2.45, 2.75) is 32.1 Å². The highest BCUT2D eigenvalue weighted by molar-refractivity contribution is 5.78. The molecule has 0 atom stereocenters. The predicted octanol–water partition coefficient (Wildman–Crippen LogP) is 4.04. The molecule has 0 unspecified atom stereocenters. The Morgan fingerprint density at radius 3 is 2.85 bits per heavy atom. The number of halogens is 2. The van der Waals surface area contributed by atoms with E-state index in [1.54, 1.807) is 6.20 Å². The Morgan fingerprint density at radius 2 is 2.08 bits per heavy atom. The first-order chi connectivity index (χ1) is 12.5. The van der Waals surface area contributed by atoms with Crippen LogP contribution in [0.4, 0.5) is 8.78 Å². The number of nitrogens with zero attached hydrogens (tertiary/aromatic N) is 2. The van der Waals surface area contributed by atoms with Crippen molar-refractivity contribution in [3.05, 3.63) is 59.9 Å². The zero-order chi connectivity index (χ0) is 18.6. The van der Waals surface area contributed by atoms with Crippen LogP contribution in [0.3, 0.4) is 0 Å². The highest BCUT2D eigenvalue weighted by Gasteiger charge is 2.27. The quantitative estimate of drug-likeness (QED) is 0.489. The fraction of sp³-hybridized carbons (Fsp3) is 0.300. The predicted molar refractivity (Wildman–Crippen MR) is 97.8 cm³/mol. The molecule has 2 aromatic heterocycles. The maximum atomic E-state index is 13.8. The fourth-order valence-electron chi connectivity index (χ4n) is 2.96. The number of rotatable bonds is 8. The van der Waals surface area contributed by atoms with Crippen LogP contribution >= 0.6 is 0 Å². The maximum absolute atomic E-state index is 13.8. The van der Waals surface area contributed by atoms with Gasteiger partial charge in [0.2, 0.25) is 12.3 Å². The van der Waals surface area contributed by atoms with Crippen LogP contribution in [0.25, 0.3) is 16.7 Å². The summed E-state index contributed by atoms with van der Waals surface area (Å²) >= 11 is 0. The molecule has 0 radical (unpaired) electrons. The number of aryl methyl sites for hydroxylation is 2. The third kappa shape index (κ3) is 4.25. The van der Waals surface area contributed by atoms with Crippen LogP contribution in [0.1, 0.15) is 24.0 Å². The Hall–Kier alpha value is -2.76. The Kier molecular flexibility index (Phi) is 5.30. The number of carbonyl (C=O) groups is 1. The summed E-state index contributed by atoms with van der Waals surface area (Å²) in [6.45, 7) is 2.01. The zero-order valence-corrected chi connectivity index (χ0v) is 14.6. The van der Waals surface area contributed by atoms with Crippen molar-refractivity contribution in [3.8, 4) is 5.69 Å². The van der Waals surface area contributed by atoms with Crippen molar-refractivity contribution < 1.29 is 13.6 Å². The van der Waals surface area contributed by atoms with Gasteiger partial charge in [-0.25, -0.2) is 13.8 Å². The number of hydrogen-bond acceptors (Lipinski definition) is 2. The molecule has 136 valence electrons. The van der Waals surface area contributed by atoms with E-state index in [0.29, 0.717) is 6.41 Å². The molecular formula is C20H21F2N3O. The van der Waals surface area contributed by atoms with Gasteiger partial charge in [0.25, 0.3) is 0 Å². The number of pyridine rings is 1. The highest BCUT2D eigenvalue weighted by Crippen LogP contribution is 2.26. The normalized spacial score (nSPS) is 11.7. The summed E-state index contributed by atoms with van der Waals surface area (Å²) in [4.78, 5) is 14.6. The van der Waals surface area contributed by atoms with Gasteiger partial charge < -0.3 is 9.88 Å². The topological polar surface area (TPSA) is 46.9 Å². The molecule has 0 aliphatic carbocycles. The number of alkyl halides is 2. The van der Waals surface area contributed by atoms with Gasteiger partial charge in [-0.3, -0.25) is 4.79 Å². The van der Waals surface area contributed by atoms with E-state index in [1.807, 2.05) is 48.0 Å². The lowest BCUT2D eigenvalue weighted by Gasteiger charge is -2.15. The zero-order valence-electron chi connectivity index (χ0n) is 14.6. The van der Waals surface area contributed by atoms with Crippen molar-refractivity contribution in [2.24, 2.45) is 0 Å². The smallest absolute Gasteiger partial charge is 0.250 e. The summed E-state index contributed by atoms with van der Waals surface area (Å²) in [6.07, 6.45) is 3.66. The molecule has 1 amide bonds. The molecule has 3 rings (SSSR count). The molecule has 0 bridgehead atoms. The first kappa shape index (κ1) is 18.0. The number of nitrogens with one attached hydrogen (secondary N) is 1. The molecule has 0 aliphatic heterocycles. The van der Waals surface area contributed by atoms with Crippen LogP contribution in [0.15, 0.2) is 48.8 Å². The van der Waals surface area contributed by atoms with Crippen LogP contribution in [0, 0.1) is 6.92 Å². The lowest BCUT2D eigenvalue weighted by Crippen LogP contribution is -2.24. The van der Waals surface area contributed by atoms with Crippen molar-refractivity contribution in [3.63, 3.8) is 0 Å². The number of amides is 1. The summed E-state index contributed by atoms with van der Waals surface area (Å²) in [5.74, 6) is -2.81. The molecule has 4 nitrogen and oxygen atoms in total. The fourth-order valence-corrected chi connectivity index (χ4v) is 2.96. The third-order valence-electron chi connectivity index (χ3n) is 4.36. The monoisotopic (exact) mass is 357 g/mol. The number of carbonyl (C=O) groups excluding carboxylic acids is 1. The molecule has 26 heavy (non-hydrogen) atoms. The van der Waals surface area contributed by atoms with Gasteiger partial charge in [0.15, 0.2) is 0 Å². The number of aromatic nitrogens is 2. The van der Waals surface area contributed by atoms with E-state index in [4.69, 9.17) is 0 Å². The van der Waals surface area contributed by atoms with Gasteiger partial charge in [-0.1, -0.05) is 12.1 Å². The first-order valence-corrected chi connectivity index (χ1v) is 8.56. The average Bonchev–Trinajstić information content (AvgIpc) is 3.03. The largest absolute Gasteiger partial charge is 0.358 e. The number of benzene rings is 1. The number of hydrogen-bond donors (Lipinski definition) is 1. The highest BCUT2D eigenvalue weighted by atomic mass is 19.3. The van der Waals surface area contributed by atoms with Gasteiger partial charge in [-0.15, -0.1) is 0 Å². The minimum absolute atomic E-state index is 0.0207. The Balaban J connectivity index is 1.73. The van der Waals surface area contributed by atoms with Gasteiger partial charge in [0, 0.05) is 42.9 Å². The Labute approximate surface area is 150 Å². The van der Waals surface area contributed by atoms with E-state index in [0.717, 1.165) is 27.8 Å². The molecule has 0 saturated carbocycles. The van der Waals surface area contributed by atoms with Crippen molar-refractivity contribution in [1.82, 2.24) is 14.9 Å². The summed E-state index contributed by atoms with van der Waals surface area (Å²) < 4.78 is 29.7. The van der Waals surface area contributed by atoms with E-state index in [1.165, 1.54) is 0 Å². The van der Waals surface area contributed by atoms with Gasteiger partial charge in [-0.05, 0) is 48.7 Å². The van der Waals surface area contributed by atoms with Crippen LogP contribution in [0.2, 0.25) is 0 Å². The minimum atomic E-state index is -2.81. The second-order valence-electron chi connectivity index (χ2n) is 6.46. The van der Waals surface area contributed by atoms with Gasteiger partial charge in [0.05, 0.1) is 0 Å². The second-order valence-corrected chi connectivity index (χ2v) is 6.46. The molecule has 2 heterocycles. The standard InChI is InChI=1S/C20H21F2N3O/c1-15-3-2-4-18(11-15)25-10-6-17-12-16(13-24-19(17)25)5-7-20(21,22)8-9-23-14-26/h2-4,6,10-14H,5,7-9H2,1H3,(H,23,26). The minimum Gasteiger partial charge on any atom is -0.358 e. The van der Waals surface area contributed by atoms with Crippen LogP contribution in [-0.4, -0.2) is 28.4 Å². The molecule has 0 aliphatic rings. The average molecular weight is 357 g/mol. The summed E-state index contributed by atoms with van der Waals surface area (Å²) in [5, 5.41) is 3.20. The lowest BCUT2D eigenvalue weighted by atomic mass is 10.0.